The number of halogens is 1. The molecular weight excluding hydrogens is 292 g/mol. The molecule has 0 aliphatic carbocycles. The summed E-state index contributed by atoms with van der Waals surface area (Å²) in [7, 11) is 0. The Labute approximate surface area is 127 Å². The lowest BCUT2D eigenvalue weighted by Gasteiger charge is -2.29. The van der Waals surface area contributed by atoms with Crippen LogP contribution in [0.1, 0.15) is 23.7 Å². The van der Waals surface area contributed by atoms with Gasteiger partial charge < -0.3 is 15.5 Å². The number of aromatic nitrogens is 1. The zero-order valence-corrected chi connectivity index (χ0v) is 12.4. The largest absolute Gasteiger partial charge is 0.394 e. The molecule has 0 atom stereocenters. The Kier molecular flexibility index (Phi) is 4.77. The van der Waals surface area contributed by atoms with Gasteiger partial charge in [-0.25, -0.2) is 4.98 Å². The molecule has 0 aliphatic rings. The van der Waals surface area contributed by atoms with Crippen LogP contribution in [-0.4, -0.2) is 39.9 Å². The Morgan fingerprint density at radius 3 is 2.48 bits per heavy atom. The third kappa shape index (κ3) is 3.00. The van der Waals surface area contributed by atoms with Gasteiger partial charge in [0.25, 0.3) is 5.91 Å². The number of benzene rings is 1. The van der Waals surface area contributed by atoms with Crippen LogP contribution in [0.5, 0.6) is 0 Å². The van der Waals surface area contributed by atoms with Crippen LogP contribution >= 0.6 is 11.6 Å². The van der Waals surface area contributed by atoms with E-state index in [1.54, 1.807) is 25.1 Å². The Bertz CT molecular complexity index is 648. The first-order valence-corrected chi connectivity index (χ1v) is 7.02. The molecule has 0 unspecified atom stereocenters. The van der Waals surface area contributed by atoms with Crippen LogP contribution in [-0.2, 0) is 0 Å². The predicted octanol–water partition coefficient (Wildman–Crippen LogP) is 1.75. The van der Waals surface area contributed by atoms with Crippen molar-refractivity contribution in [2.45, 2.75) is 18.9 Å². The molecule has 1 amide bonds. The maximum absolute atomic E-state index is 12.4. The van der Waals surface area contributed by atoms with Crippen molar-refractivity contribution >= 4 is 28.3 Å². The first kappa shape index (κ1) is 15.7. The van der Waals surface area contributed by atoms with Gasteiger partial charge in [0.15, 0.2) is 0 Å². The monoisotopic (exact) mass is 308 g/mol. The Hall–Kier alpha value is -1.69. The lowest BCUT2D eigenvalue weighted by atomic mass is 9.97. The molecule has 2 rings (SSSR count). The summed E-state index contributed by atoms with van der Waals surface area (Å²) >= 11 is 6.03. The molecule has 0 fully saturated rings. The maximum atomic E-state index is 12.4. The fourth-order valence-electron chi connectivity index (χ4n) is 2.09. The number of hydrogen-bond acceptors (Lipinski definition) is 4. The number of rotatable bonds is 5. The molecule has 21 heavy (non-hydrogen) atoms. The highest BCUT2D eigenvalue weighted by Crippen LogP contribution is 2.24. The van der Waals surface area contributed by atoms with Crippen LogP contribution in [0.3, 0.4) is 0 Å². The average Bonchev–Trinajstić information content (AvgIpc) is 2.53. The highest BCUT2D eigenvalue weighted by molar-refractivity contribution is 6.34. The number of pyridine rings is 1. The summed E-state index contributed by atoms with van der Waals surface area (Å²) < 4.78 is 0. The summed E-state index contributed by atoms with van der Waals surface area (Å²) in [6.07, 6.45) is 1.81. The zero-order chi connectivity index (χ0) is 15.5. The number of aliphatic hydroxyl groups is 2. The van der Waals surface area contributed by atoms with Gasteiger partial charge in [-0.1, -0.05) is 42.8 Å². The fourth-order valence-corrected chi connectivity index (χ4v) is 2.30. The Balaban J connectivity index is 2.43. The van der Waals surface area contributed by atoms with Crippen LogP contribution in [0.4, 0.5) is 0 Å². The van der Waals surface area contributed by atoms with Gasteiger partial charge in [-0.15, -0.1) is 0 Å². The highest BCUT2D eigenvalue weighted by Gasteiger charge is 2.29. The number of carbonyl (C=O) groups excluding carboxylic acids is 1. The number of nitrogens with zero attached hydrogens (tertiary/aromatic N) is 1. The number of amides is 1. The van der Waals surface area contributed by atoms with Crippen molar-refractivity contribution < 1.29 is 15.0 Å². The van der Waals surface area contributed by atoms with Gasteiger partial charge in [-0.2, -0.15) is 0 Å². The summed E-state index contributed by atoms with van der Waals surface area (Å²) in [5.74, 6) is -0.402. The maximum Gasteiger partial charge on any atom is 0.254 e. The number of fused-ring (bicyclic) bond motifs is 1. The van der Waals surface area contributed by atoms with Crippen molar-refractivity contribution in [3.8, 4) is 0 Å². The van der Waals surface area contributed by atoms with Crippen LogP contribution in [0.15, 0.2) is 30.5 Å². The van der Waals surface area contributed by atoms with Crippen LogP contribution in [0.2, 0.25) is 5.15 Å². The predicted molar refractivity (Wildman–Crippen MR) is 81.4 cm³/mol. The van der Waals surface area contributed by atoms with Crippen molar-refractivity contribution in [2.75, 3.05) is 13.2 Å². The zero-order valence-electron chi connectivity index (χ0n) is 11.6. The quantitative estimate of drug-likeness (QED) is 0.735. The number of aliphatic hydroxyl groups excluding tert-OH is 2. The number of nitrogens with one attached hydrogen (secondary N) is 1. The third-order valence-electron chi connectivity index (χ3n) is 3.65. The van der Waals surface area contributed by atoms with Gasteiger partial charge in [-0.05, 0) is 11.8 Å². The molecule has 3 N–H and O–H groups in total. The van der Waals surface area contributed by atoms with Gasteiger partial charge in [0.1, 0.15) is 5.15 Å². The van der Waals surface area contributed by atoms with Crippen molar-refractivity contribution in [1.29, 1.82) is 0 Å². The van der Waals surface area contributed by atoms with E-state index in [4.69, 9.17) is 11.6 Å². The van der Waals surface area contributed by atoms with E-state index < -0.39 is 11.4 Å². The SMILES string of the molecule is CCC(CO)(CO)NC(=O)c1cnc(Cl)c2ccccc12. The summed E-state index contributed by atoms with van der Waals surface area (Å²) in [5.41, 5.74) is -0.688. The van der Waals surface area contributed by atoms with Crippen LogP contribution < -0.4 is 5.32 Å². The number of carbonyl (C=O) groups is 1. The average molecular weight is 309 g/mol. The molecule has 0 aliphatic heterocycles. The lowest BCUT2D eigenvalue weighted by molar-refractivity contribution is 0.0654. The van der Waals surface area contributed by atoms with Crippen molar-refractivity contribution in [1.82, 2.24) is 10.3 Å². The van der Waals surface area contributed by atoms with E-state index in [1.807, 2.05) is 6.07 Å². The second kappa shape index (κ2) is 6.39. The molecule has 1 heterocycles. The number of hydrogen-bond donors (Lipinski definition) is 3. The van der Waals surface area contributed by atoms with Gasteiger partial charge in [0.2, 0.25) is 0 Å². The third-order valence-corrected chi connectivity index (χ3v) is 3.95. The molecule has 0 radical (unpaired) electrons. The first-order valence-electron chi connectivity index (χ1n) is 6.64. The van der Waals surface area contributed by atoms with E-state index in [-0.39, 0.29) is 13.2 Å². The molecule has 2 aromatic rings. The molecule has 1 aromatic heterocycles. The van der Waals surface area contributed by atoms with E-state index in [1.165, 1.54) is 6.20 Å². The molecule has 1 aromatic carbocycles. The van der Waals surface area contributed by atoms with Gasteiger partial charge in [0.05, 0.1) is 24.3 Å². The summed E-state index contributed by atoms with van der Waals surface area (Å²) in [4.78, 5) is 16.5. The molecule has 6 heteroatoms. The van der Waals surface area contributed by atoms with Crippen molar-refractivity contribution in [2.24, 2.45) is 0 Å². The minimum atomic E-state index is -1.04. The standard InChI is InChI=1S/C15H17ClN2O3/c1-2-15(8-19,9-20)18-14(21)12-7-17-13(16)11-6-4-3-5-10(11)12/h3-7,19-20H,2,8-9H2,1H3,(H,18,21). The van der Waals surface area contributed by atoms with Crippen LogP contribution in [0, 0.1) is 0 Å². The summed E-state index contributed by atoms with van der Waals surface area (Å²) in [6.45, 7) is 1.10. The van der Waals surface area contributed by atoms with E-state index >= 15 is 0 Å². The van der Waals surface area contributed by atoms with E-state index in [9.17, 15) is 15.0 Å². The minimum Gasteiger partial charge on any atom is -0.394 e. The van der Waals surface area contributed by atoms with Gasteiger partial charge >= 0.3 is 0 Å². The van der Waals surface area contributed by atoms with Gasteiger partial charge in [0, 0.05) is 11.6 Å². The Morgan fingerprint density at radius 2 is 1.90 bits per heavy atom. The van der Waals surface area contributed by atoms with Crippen molar-refractivity contribution in [3.05, 3.63) is 41.2 Å². The molecule has 0 saturated carbocycles. The second-order valence-corrected chi connectivity index (χ2v) is 5.27. The van der Waals surface area contributed by atoms with Gasteiger partial charge in [-0.3, -0.25) is 4.79 Å². The normalized spacial score (nSPS) is 11.6. The molecule has 0 saturated heterocycles. The van der Waals surface area contributed by atoms with E-state index in [2.05, 4.69) is 10.3 Å². The molecule has 5 nitrogen and oxygen atoms in total. The summed E-state index contributed by atoms with van der Waals surface area (Å²) in [6, 6.07) is 7.19. The first-order chi connectivity index (χ1) is 10.1. The fraction of sp³-hybridized carbons (Fsp3) is 0.333. The van der Waals surface area contributed by atoms with Crippen molar-refractivity contribution in [3.63, 3.8) is 0 Å². The molecule has 112 valence electrons. The molecule has 0 spiro atoms. The van der Waals surface area contributed by atoms with E-state index in [0.29, 0.717) is 27.9 Å². The highest BCUT2D eigenvalue weighted by atomic mass is 35.5. The van der Waals surface area contributed by atoms with E-state index in [0.717, 1.165) is 0 Å². The molecular formula is C15H17ClN2O3. The minimum absolute atomic E-state index is 0.327. The second-order valence-electron chi connectivity index (χ2n) is 4.91. The lowest BCUT2D eigenvalue weighted by Crippen LogP contribution is -2.53. The smallest absolute Gasteiger partial charge is 0.254 e. The van der Waals surface area contributed by atoms with Crippen LogP contribution in [0.25, 0.3) is 10.8 Å². The summed E-state index contributed by atoms with van der Waals surface area (Å²) in [5, 5.41) is 23.2. The molecule has 0 bridgehead atoms. The Morgan fingerprint density at radius 1 is 1.29 bits per heavy atom. The topological polar surface area (TPSA) is 82.5 Å².